The maximum absolute atomic E-state index is 12.5. The Balaban J connectivity index is 3.59. The third-order valence-corrected chi connectivity index (χ3v) is 2.45. The van der Waals surface area contributed by atoms with Gasteiger partial charge in [-0.3, -0.25) is 0 Å². The fraction of sp³-hybridized carbons (Fsp3) is 0.250. The van der Waals surface area contributed by atoms with E-state index in [1.165, 1.54) is 0 Å². The minimum Gasteiger partial charge on any atom is -0.397 e. The second-order valence-electron chi connectivity index (χ2n) is 2.75. The summed E-state index contributed by atoms with van der Waals surface area (Å²) in [7, 11) is 0. The molecule has 2 N–H and O–H groups in total. The van der Waals surface area contributed by atoms with Gasteiger partial charge in [0, 0.05) is 10.6 Å². The molecule has 1 rings (SSSR count). The number of nitrogen functional groups attached to an aromatic ring is 1. The molecule has 0 heterocycles. The van der Waals surface area contributed by atoms with E-state index in [1.54, 1.807) is 0 Å². The summed E-state index contributed by atoms with van der Waals surface area (Å²) >= 11 is 10.9. The predicted octanol–water partition coefficient (Wildman–Crippen LogP) is 3.52. The second-order valence-corrected chi connectivity index (χ2v) is 3.56. The summed E-state index contributed by atoms with van der Waals surface area (Å²) < 4.78 is 37.6. The third-order valence-electron chi connectivity index (χ3n) is 1.80. The van der Waals surface area contributed by atoms with Crippen molar-refractivity contribution in [2.75, 3.05) is 5.73 Å². The summed E-state index contributed by atoms with van der Waals surface area (Å²) in [6, 6.07) is 1.03. The molecule has 0 saturated carbocycles. The lowest BCUT2D eigenvalue weighted by atomic mass is 10.1. The van der Waals surface area contributed by atoms with Gasteiger partial charge in [-0.2, -0.15) is 13.2 Å². The molecule has 0 saturated heterocycles. The monoisotopic (exact) mass is 258 g/mol. The van der Waals surface area contributed by atoms with Crippen molar-refractivity contribution in [2.24, 2.45) is 0 Å². The van der Waals surface area contributed by atoms with Crippen LogP contribution in [0.4, 0.5) is 18.9 Å². The van der Waals surface area contributed by atoms with E-state index in [-0.39, 0.29) is 10.0 Å². The van der Waals surface area contributed by atoms with Crippen LogP contribution in [-0.2, 0) is 17.9 Å². The van der Waals surface area contributed by atoms with Crippen LogP contribution in [0, 0.1) is 0 Å². The van der Waals surface area contributed by atoms with Gasteiger partial charge >= 0.3 is 6.18 Å². The van der Waals surface area contributed by atoms with Crippen molar-refractivity contribution in [3.63, 3.8) is 0 Å². The number of alkyl halides is 3. The van der Waals surface area contributed by atoms with E-state index >= 15 is 0 Å². The minimum absolute atomic E-state index is 0.315. The summed E-state index contributed by atoms with van der Waals surface area (Å²) in [5.74, 6) is 0. The molecule has 0 aromatic heterocycles. The van der Waals surface area contributed by atoms with E-state index in [9.17, 15) is 18.3 Å². The number of anilines is 1. The first kappa shape index (κ1) is 12.4. The minimum atomic E-state index is -4.74. The third kappa shape index (κ3) is 2.30. The van der Waals surface area contributed by atoms with Crippen LogP contribution in [0.2, 0.25) is 10.0 Å². The quantitative estimate of drug-likeness (QED) is 0.770. The van der Waals surface area contributed by atoms with Gasteiger partial charge in [0.2, 0.25) is 0 Å². The van der Waals surface area contributed by atoms with Crippen molar-refractivity contribution in [1.29, 1.82) is 0 Å². The van der Waals surface area contributed by atoms with Crippen LogP contribution in [0.1, 0.15) is 11.1 Å². The molecule has 7 heteroatoms. The van der Waals surface area contributed by atoms with Crippen LogP contribution in [-0.4, -0.2) is 0 Å². The molecule has 0 aliphatic carbocycles. The zero-order chi connectivity index (χ0) is 11.8. The van der Waals surface area contributed by atoms with Gasteiger partial charge in [0.25, 0.3) is 0 Å². The summed E-state index contributed by atoms with van der Waals surface area (Å²) in [6.07, 6.45) is -4.74. The number of halogens is 5. The Morgan fingerprint density at radius 2 is 1.80 bits per heavy atom. The number of benzene rings is 1. The smallest absolute Gasteiger partial charge is 0.397 e. The maximum atomic E-state index is 12.5. The SMILES string of the molecule is Nc1c(Cl)cc(Cl)c(C[O])c1C(F)(F)F. The van der Waals surface area contributed by atoms with Crippen molar-refractivity contribution in [3.05, 3.63) is 27.2 Å². The Bertz CT molecular complexity index is 392. The average molecular weight is 259 g/mol. The highest BCUT2D eigenvalue weighted by molar-refractivity contribution is 6.37. The molecule has 0 unspecified atom stereocenters. The normalized spacial score (nSPS) is 11.9. The summed E-state index contributed by atoms with van der Waals surface area (Å²) in [5.41, 5.74) is 2.68. The molecule has 0 spiro atoms. The predicted molar refractivity (Wildman–Crippen MR) is 50.3 cm³/mol. The van der Waals surface area contributed by atoms with Crippen LogP contribution in [0.15, 0.2) is 6.07 Å². The molecule has 83 valence electrons. The van der Waals surface area contributed by atoms with E-state index in [4.69, 9.17) is 28.9 Å². The topological polar surface area (TPSA) is 45.9 Å². The van der Waals surface area contributed by atoms with Crippen molar-refractivity contribution < 1.29 is 18.3 Å². The lowest BCUT2D eigenvalue weighted by Gasteiger charge is -2.15. The van der Waals surface area contributed by atoms with E-state index in [0.717, 1.165) is 6.07 Å². The Hall–Kier alpha value is -0.650. The number of hydrogen-bond acceptors (Lipinski definition) is 1. The van der Waals surface area contributed by atoms with Crippen LogP contribution >= 0.6 is 23.2 Å². The molecule has 15 heavy (non-hydrogen) atoms. The lowest BCUT2D eigenvalue weighted by Crippen LogP contribution is -2.13. The molecule has 0 aliphatic heterocycles. The number of hydrogen-bond donors (Lipinski definition) is 1. The molecule has 0 amide bonds. The average Bonchev–Trinajstić information content (AvgIpc) is 2.08. The van der Waals surface area contributed by atoms with Crippen LogP contribution in [0.5, 0.6) is 0 Å². The highest BCUT2D eigenvalue weighted by Crippen LogP contribution is 2.42. The molecule has 0 fully saturated rings. The first-order valence-corrected chi connectivity index (χ1v) is 4.46. The zero-order valence-electron chi connectivity index (χ0n) is 7.16. The number of rotatable bonds is 1. The van der Waals surface area contributed by atoms with Gasteiger partial charge in [-0.1, -0.05) is 23.2 Å². The van der Waals surface area contributed by atoms with Crippen molar-refractivity contribution >= 4 is 28.9 Å². The van der Waals surface area contributed by atoms with Gasteiger partial charge in [0.15, 0.2) is 0 Å². The van der Waals surface area contributed by atoms with E-state index in [1.807, 2.05) is 0 Å². The second kappa shape index (κ2) is 4.08. The first-order valence-electron chi connectivity index (χ1n) is 3.70. The van der Waals surface area contributed by atoms with Gasteiger partial charge in [-0.25, -0.2) is 5.11 Å². The van der Waals surface area contributed by atoms with E-state index in [2.05, 4.69) is 0 Å². The molecule has 2 nitrogen and oxygen atoms in total. The zero-order valence-corrected chi connectivity index (χ0v) is 8.67. The van der Waals surface area contributed by atoms with E-state index < -0.39 is 29.6 Å². The molecule has 1 aromatic rings. The van der Waals surface area contributed by atoms with Gasteiger partial charge in [0.1, 0.15) is 6.61 Å². The van der Waals surface area contributed by atoms with Crippen LogP contribution in [0.3, 0.4) is 0 Å². The van der Waals surface area contributed by atoms with Crippen molar-refractivity contribution in [1.82, 2.24) is 0 Å². The standard InChI is InChI=1S/C8H5Cl2F3NO/c9-4-1-5(10)7(14)6(3(4)2-15)8(11,12)13/h1H,2,14H2. The maximum Gasteiger partial charge on any atom is 0.418 e. The van der Waals surface area contributed by atoms with Gasteiger partial charge in [0.05, 0.1) is 16.3 Å². The molecule has 1 aromatic carbocycles. The van der Waals surface area contributed by atoms with Crippen molar-refractivity contribution in [3.8, 4) is 0 Å². The highest BCUT2D eigenvalue weighted by Gasteiger charge is 2.37. The molecule has 1 radical (unpaired) electrons. The molecule has 0 aliphatic rings. The Kier molecular flexibility index (Phi) is 3.38. The Labute approximate surface area is 93.4 Å². The Morgan fingerprint density at radius 3 is 2.20 bits per heavy atom. The molecular formula is C8H5Cl2F3NO. The molecular weight excluding hydrogens is 254 g/mol. The van der Waals surface area contributed by atoms with E-state index in [0.29, 0.717) is 0 Å². The Morgan fingerprint density at radius 1 is 1.27 bits per heavy atom. The van der Waals surface area contributed by atoms with Crippen LogP contribution in [0.25, 0.3) is 0 Å². The van der Waals surface area contributed by atoms with Gasteiger partial charge < -0.3 is 5.73 Å². The fourth-order valence-electron chi connectivity index (χ4n) is 1.14. The molecule has 0 bridgehead atoms. The van der Waals surface area contributed by atoms with Gasteiger partial charge in [-0.15, -0.1) is 0 Å². The fourth-order valence-corrected chi connectivity index (χ4v) is 1.66. The summed E-state index contributed by atoms with van der Waals surface area (Å²) in [4.78, 5) is 0. The lowest BCUT2D eigenvalue weighted by molar-refractivity contribution is -0.138. The van der Waals surface area contributed by atoms with Gasteiger partial charge in [-0.05, 0) is 6.07 Å². The largest absolute Gasteiger partial charge is 0.418 e. The number of nitrogens with two attached hydrogens (primary N) is 1. The summed E-state index contributed by atoms with van der Waals surface area (Å²) in [6.45, 7) is -1.10. The molecule has 0 atom stereocenters. The summed E-state index contributed by atoms with van der Waals surface area (Å²) in [5, 5.41) is 9.96. The van der Waals surface area contributed by atoms with Crippen molar-refractivity contribution in [2.45, 2.75) is 12.8 Å². The highest BCUT2D eigenvalue weighted by atomic mass is 35.5. The first-order chi connectivity index (χ1) is 6.79. The van der Waals surface area contributed by atoms with Crippen LogP contribution < -0.4 is 5.73 Å².